The summed E-state index contributed by atoms with van der Waals surface area (Å²) in [5.41, 5.74) is 0. The number of nitrogens with one attached hydrogen (secondary N) is 2. The van der Waals surface area contributed by atoms with Crippen LogP contribution in [0.4, 0.5) is 0 Å². The maximum atomic E-state index is 12.3. The third-order valence-electron chi connectivity index (χ3n) is 5.67. The van der Waals surface area contributed by atoms with Crippen LogP contribution in [-0.4, -0.2) is 29.7 Å². The van der Waals surface area contributed by atoms with E-state index in [0.717, 1.165) is 37.9 Å². The highest BCUT2D eigenvalue weighted by molar-refractivity contribution is 7.99. The van der Waals surface area contributed by atoms with Crippen molar-refractivity contribution in [3.05, 3.63) is 30.3 Å². The zero-order valence-electron chi connectivity index (χ0n) is 15.6. The van der Waals surface area contributed by atoms with Crippen molar-refractivity contribution in [3.63, 3.8) is 0 Å². The highest BCUT2D eigenvalue weighted by Crippen LogP contribution is 2.37. The topological polar surface area (TPSA) is 58.2 Å². The maximum absolute atomic E-state index is 12.3. The molecule has 0 aromatic heterocycles. The van der Waals surface area contributed by atoms with E-state index in [0.29, 0.717) is 24.7 Å². The summed E-state index contributed by atoms with van der Waals surface area (Å²) >= 11 is 1.72. The first-order chi connectivity index (χ1) is 12.7. The van der Waals surface area contributed by atoms with Crippen LogP contribution in [0.5, 0.6) is 0 Å². The molecule has 3 rings (SSSR count). The number of carbonyl (C=O) groups excluding carboxylic acids is 2. The smallest absolute Gasteiger partial charge is 0.221 e. The average Bonchev–Trinajstić information content (AvgIpc) is 2.62. The van der Waals surface area contributed by atoms with Crippen LogP contribution < -0.4 is 10.6 Å². The second-order valence-electron chi connectivity index (χ2n) is 7.58. The molecule has 0 spiro atoms. The van der Waals surface area contributed by atoms with Gasteiger partial charge in [-0.05, 0) is 49.7 Å². The molecular formula is C21H30N2O2S. The van der Waals surface area contributed by atoms with Gasteiger partial charge in [-0.25, -0.2) is 0 Å². The molecule has 4 nitrogen and oxygen atoms in total. The molecular weight excluding hydrogens is 344 g/mol. The van der Waals surface area contributed by atoms with E-state index in [2.05, 4.69) is 29.7 Å². The molecule has 142 valence electrons. The van der Waals surface area contributed by atoms with Gasteiger partial charge in [0.05, 0.1) is 0 Å². The molecule has 0 radical (unpaired) electrons. The van der Waals surface area contributed by atoms with Gasteiger partial charge in [-0.15, -0.1) is 11.8 Å². The number of hydrogen-bond donors (Lipinski definition) is 2. The highest BCUT2D eigenvalue weighted by Gasteiger charge is 2.40. The highest BCUT2D eigenvalue weighted by atomic mass is 32.2. The predicted octanol–water partition coefficient (Wildman–Crippen LogP) is 3.76. The van der Waals surface area contributed by atoms with E-state index >= 15 is 0 Å². The van der Waals surface area contributed by atoms with Crippen LogP contribution in [0.2, 0.25) is 0 Å². The van der Waals surface area contributed by atoms with Crippen LogP contribution in [0, 0.1) is 11.8 Å². The van der Waals surface area contributed by atoms with Crippen LogP contribution in [0.3, 0.4) is 0 Å². The fourth-order valence-electron chi connectivity index (χ4n) is 4.48. The van der Waals surface area contributed by atoms with Crippen molar-refractivity contribution in [2.75, 3.05) is 5.75 Å². The Morgan fingerprint density at radius 2 is 2.08 bits per heavy atom. The SMILES string of the molecule is CCCC1CC(=O)NC2CC(NC(=O)CCSc3ccccc3)CCC12. The molecule has 2 N–H and O–H groups in total. The number of piperidine rings is 1. The van der Waals surface area contributed by atoms with Gasteiger partial charge in [0, 0.05) is 35.6 Å². The number of benzene rings is 1. The summed E-state index contributed by atoms with van der Waals surface area (Å²) in [6.07, 6.45) is 6.53. The van der Waals surface area contributed by atoms with E-state index in [1.807, 2.05) is 18.2 Å². The fraction of sp³-hybridized carbons (Fsp3) is 0.619. The molecule has 5 heteroatoms. The molecule has 1 aromatic carbocycles. The number of amides is 2. The van der Waals surface area contributed by atoms with E-state index in [1.54, 1.807) is 11.8 Å². The second kappa shape index (κ2) is 9.45. The van der Waals surface area contributed by atoms with Crippen LogP contribution in [0.25, 0.3) is 0 Å². The number of rotatable bonds is 7. The normalized spacial score (nSPS) is 28.1. The van der Waals surface area contributed by atoms with Gasteiger partial charge in [-0.3, -0.25) is 9.59 Å². The van der Waals surface area contributed by atoms with E-state index in [1.165, 1.54) is 4.90 Å². The number of fused-ring (bicyclic) bond motifs is 1. The lowest BCUT2D eigenvalue weighted by Gasteiger charge is -2.44. The van der Waals surface area contributed by atoms with Gasteiger partial charge in [-0.1, -0.05) is 31.5 Å². The Morgan fingerprint density at radius 3 is 2.85 bits per heavy atom. The first-order valence-corrected chi connectivity index (χ1v) is 10.9. The third kappa shape index (κ3) is 5.26. The van der Waals surface area contributed by atoms with Gasteiger partial charge in [0.1, 0.15) is 0 Å². The fourth-order valence-corrected chi connectivity index (χ4v) is 5.35. The summed E-state index contributed by atoms with van der Waals surface area (Å²) in [5, 5.41) is 6.38. The Morgan fingerprint density at radius 1 is 1.27 bits per heavy atom. The molecule has 26 heavy (non-hydrogen) atoms. The summed E-state index contributed by atoms with van der Waals surface area (Å²) in [4.78, 5) is 25.5. The predicted molar refractivity (Wildman–Crippen MR) is 106 cm³/mol. The lowest BCUT2D eigenvalue weighted by atomic mass is 9.70. The van der Waals surface area contributed by atoms with Crippen molar-refractivity contribution < 1.29 is 9.59 Å². The van der Waals surface area contributed by atoms with E-state index < -0.39 is 0 Å². The maximum Gasteiger partial charge on any atom is 0.221 e. The molecule has 2 aliphatic rings. The van der Waals surface area contributed by atoms with Crippen molar-refractivity contribution in [3.8, 4) is 0 Å². The van der Waals surface area contributed by atoms with Crippen molar-refractivity contribution in [2.45, 2.75) is 68.8 Å². The standard InChI is InChI=1S/C21H30N2O2S/c1-2-6-15-13-21(25)23-19-14-16(9-10-18(15)19)22-20(24)11-12-26-17-7-4-3-5-8-17/h3-5,7-8,15-16,18-19H,2,6,9-14H2,1H3,(H,22,24)(H,23,25). The van der Waals surface area contributed by atoms with Crippen molar-refractivity contribution in [1.29, 1.82) is 0 Å². The van der Waals surface area contributed by atoms with Crippen LogP contribution in [-0.2, 0) is 9.59 Å². The molecule has 1 heterocycles. The minimum absolute atomic E-state index is 0.129. The van der Waals surface area contributed by atoms with Gasteiger partial charge < -0.3 is 10.6 Å². The lowest BCUT2D eigenvalue weighted by Crippen LogP contribution is -2.55. The Kier molecular flexibility index (Phi) is 7.00. The zero-order valence-corrected chi connectivity index (χ0v) is 16.4. The van der Waals surface area contributed by atoms with Crippen LogP contribution in [0.1, 0.15) is 51.9 Å². The van der Waals surface area contributed by atoms with Gasteiger partial charge >= 0.3 is 0 Å². The monoisotopic (exact) mass is 374 g/mol. The zero-order chi connectivity index (χ0) is 18.4. The summed E-state index contributed by atoms with van der Waals surface area (Å²) in [6.45, 7) is 2.20. The summed E-state index contributed by atoms with van der Waals surface area (Å²) in [7, 11) is 0. The molecule has 4 atom stereocenters. The number of hydrogen-bond acceptors (Lipinski definition) is 3. The molecule has 2 amide bonds. The number of carbonyl (C=O) groups is 2. The van der Waals surface area contributed by atoms with Crippen molar-refractivity contribution in [1.82, 2.24) is 10.6 Å². The number of thioether (sulfide) groups is 1. The summed E-state index contributed by atoms with van der Waals surface area (Å²) in [5.74, 6) is 2.23. The molecule has 1 saturated heterocycles. The quantitative estimate of drug-likeness (QED) is 0.715. The summed E-state index contributed by atoms with van der Waals surface area (Å²) in [6, 6.07) is 10.6. The molecule has 4 unspecified atom stereocenters. The van der Waals surface area contributed by atoms with Gasteiger partial charge in [0.25, 0.3) is 0 Å². The molecule has 2 fully saturated rings. The van der Waals surface area contributed by atoms with Crippen molar-refractivity contribution in [2.24, 2.45) is 11.8 Å². The van der Waals surface area contributed by atoms with Gasteiger partial charge in [0.2, 0.25) is 11.8 Å². The van der Waals surface area contributed by atoms with E-state index in [-0.39, 0.29) is 23.9 Å². The second-order valence-corrected chi connectivity index (χ2v) is 8.75. The Labute approximate surface area is 160 Å². The molecule has 1 saturated carbocycles. The van der Waals surface area contributed by atoms with Gasteiger partial charge in [0.15, 0.2) is 0 Å². The largest absolute Gasteiger partial charge is 0.353 e. The average molecular weight is 375 g/mol. The molecule has 1 aromatic rings. The molecule has 1 aliphatic carbocycles. The summed E-state index contributed by atoms with van der Waals surface area (Å²) < 4.78 is 0. The first kappa shape index (κ1) is 19.3. The van der Waals surface area contributed by atoms with Gasteiger partial charge in [-0.2, -0.15) is 0 Å². The Hall–Kier alpha value is -1.49. The lowest BCUT2D eigenvalue weighted by molar-refractivity contribution is -0.127. The minimum Gasteiger partial charge on any atom is -0.353 e. The molecule has 1 aliphatic heterocycles. The third-order valence-corrected chi connectivity index (χ3v) is 6.68. The van der Waals surface area contributed by atoms with Crippen LogP contribution in [0.15, 0.2) is 35.2 Å². The Bertz CT molecular complexity index is 607. The van der Waals surface area contributed by atoms with Crippen molar-refractivity contribution >= 4 is 23.6 Å². The Balaban J connectivity index is 1.43. The van der Waals surface area contributed by atoms with E-state index in [9.17, 15) is 9.59 Å². The molecule has 0 bridgehead atoms. The van der Waals surface area contributed by atoms with E-state index in [4.69, 9.17) is 0 Å². The first-order valence-electron chi connectivity index (χ1n) is 9.92. The van der Waals surface area contributed by atoms with Crippen LogP contribution >= 0.6 is 11.8 Å². The minimum atomic E-state index is 0.129.